The minimum Gasteiger partial charge on any atom is -0.457 e. The topological polar surface area (TPSA) is 103 Å². The van der Waals surface area contributed by atoms with E-state index in [1.54, 1.807) is 10.9 Å². The van der Waals surface area contributed by atoms with Crippen molar-refractivity contribution in [2.75, 3.05) is 25.6 Å². The molecule has 4 heterocycles. The highest BCUT2D eigenvalue weighted by Crippen LogP contribution is 2.43. The minimum atomic E-state index is -0.543. The van der Waals surface area contributed by atoms with E-state index >= 15 is 0 Å². The van der Waals surface area contributed by atoms with Gasteiger partial charge in [-0.15, -0.1) is 0 Å². The summed E-state index contributed by atoms with van der Waals surface area (Å²) in [6.07, 6.45) is 1.93. The lowest BCUT2D eigenvalue weighted by Gasteiger charge is -2.18. The van der Waals surface area contributed by atoms with E-state index in [0.29, 0.717) is 17.0 Å². The van der Waals surface area contributed by atoms with Crippen molar-refractivity contribution in [1.29, 1.82) is 0 Å². The zero-order chi connectivity index (χ0) is 16.1. The van der Waals surface area contributed by atoms with Crippen LogP contribution in [0, 0.1) is 5.92 Å². The number of aromatic nitrogens is 4. The lowest BCUT2D eigenvalue weighted by atomic mass is 9.97. The average molecular weight is 319 g/mol. The van der Waals surface area contributed by atoms with Gasteiger partial charge in [0.2, 0.25) is 0 Å². The van der Waals surface area contributed by atoms with Gasteiger partial charge >= 0.3 is 5.97 Å². The normalized spacial score (nSPS) is 29.8. The number of anilines is 1. The number of esters is 1. The van der Waals surface area contributed by atoms with Crippen LogP contribution in [0.15, 0.2) is 12.7 Å². The molecular formula is C14H17N5O4. The third kappa shape index (κ3) is 2.07. The molecule has 0 aromatic carbocycles. The van der Waals surface area contributed by atoms with E-state index in [1.807, 2.05) is 19.0 Å². The van der Waals surface area contributed by atoms with Crippen LogP contribution in [0.3, 0.4) is 0 Å². The summed E-state index contributed by atoms with van der Waals surface area (Å²) in [7, 11) is 3.76. The molecule has 2 fully saturated rings. The number of rotatable bonds is 3. The zero-order valence-electron chi connectivity index (χ0n) is 12.8. The molecule has 2 aliphatic heterocycles. The quantitative estimate of drug-likeness (QED) is 0.770. The standard InChI is InChI=1S/C14H17N5O4/c1-18(2)12-10-13(16-5-15-12)19(6-17-10)14-11-7(3-9(21)23-11)8(4-20)22-14/h5-8,11,14,20H,3-4H2,1-2H3/t7-,8-,11+,14-/m1/s1. The number of fused-ring (bicyclic) bond motifs is 2. The van der Waals surface area contributed by atoms with Crippen molar-refractivity contribution in [2.45, 2.75) is 24.9 Å². The number of ether oxygens (including phenoxy) is 2. The Morgan fingerprint density at radius 2 is 2.22 bits per heavy atom. The van der Waals surface area contributed by atoms with Crippen LogP contribution < -0.4 is 4.90 Å². The van der Waals surface area contributed by atoms with Gasteiger partial charge in [-0.2, -0.15) is 0 Å². The van der Waals surface area contributed by atoms with Gasteiger partial charge in [0.05, 0.1) is 25.5 Å². The van der Waals surface area contributed by atoms with Gasteiger partial charge in [0.1, 0.15) is 6.33 Å². The summed E-state index contributed by atoms with van der Waals surface area (Å²) < 4.78 is 13.0. The number of hydrogen-bond donors (Lipinski definition) is 1. The third-order valence-corrected chi connectivity index (χ3v) is 4.38. The Labute approximate surface area is 131 Å². The van der Waals surface area contributed by atoms with E-state index in [4.69, 9.17) is 9.47 Å². The van der Waals surface area contributed by atoms with Gasteiger partial charge in [0.25, 0.3) is 0 Å². The fourth-order valence-corrected chi connectivity index (χ4v) is 3.32. The van der Waals surface area contributed by atoms with Crippen LogP contribution in [0.1, 0.15) is 12.6 Å². The van der Waals surface area contributed by atoms with Gasteiger partial charge in [-0.25, -0.2) is 15.0 Å². The van der Waals surface area contributed by atoms with Crippen molar-refractivity contribution in [3.05, 3.63) is 12.7 Å². The first kappa shape index (κ1) is 14.3. The number of carbonyl (C=O) groups excluding carboxylic acids is 1. The van der Waals surface area contributed by atoms with Crippen molar-refractivity contribution >= 4 is 23.0 Å². The summed E-state index contributed by atoms with van der Waals surface area (Å²) in [4.78, 5) is 26.4. The predicted molar refractivity (Wildman–Crippen MR) is 78.6 cm³/mol. The molecule has 4 rings (SSSR count). The second-order valence-corrected chi connectivity index (χ2v) is 5.99. The monoisotopic (exact) mass is 319 g/mol. The summed E-state index contributed by atoms with van der Waals surface area (Å²) >= 11 is 0. The zero-order valence-corrected chi connectivity index (χ0v) is 12.8. The third-order valence-electron chi connectivity index (χ3n) is 4.38. The summed E-state index contributed by atoms with van der Waals surface area (Å²) in [5.41, 5.74) is 1.25. The van der Waals surface area contributed by atoms with Crippen LogP contribution in [0.4, 0.5) is 5.82 Å². The fraction of sp³-hybridized carbons (Fsp3) is 0.571. The van der Waals surface area contributed by atoms with Crippen LogP contribution in [0.2, 0.25) is 0 Å². The Bertz CT molecular complexity index is 761. The van der Waals surface area contributed by atoms with Gasteiger partial charge in [0.15, 0.2) is 29.3 Å². The number of hydrogen-bond acceptors (Lipinski definition) is 8. The average Bonchev–Trinajstić information content (AvgIpc) is 3.19. The van der Waals surface area contributed by atoms with E-state index in [1.165, 1.54) is 6.33 Å². The van der Waals surface area contributed by atoms with Crippen molar-refractivity contribution < 1.29 is 19.4 Å². The van der Waals surface area contributed by atoms with Gasteiger partial charge in [-0.3, -0.25) is 9.36 Å². The first-order valence-corrected chi connectivity index (χ1v) is 7.41. The number of carbonyl (C=O) groups is 1. The van der Waals surface area contributed by atoms with Gasteiger partial charge in [-0.05, 0) is 0 Å². The van der Waals surface area contributed by atoms with Crippen LogP contribution in [0.25, 0.3) is 11.2 Å². The summed E-state index contributed by atoms with van der Waals surface area (Å²) in [6.45, 7) is -0.154. The van der Waals surface area contributed by atoms with Crippen molar-refractivity contribution in [1.82, 2.24) is 19.5 Å². The Hall–Kier alpha value is -2.26. The molecule has 0 bridgehead atoms. The fourth-order valence-electron chi connectivity index (χ4n) is 3.32. The molecule has 0 amide bonds. The predicted octanol–water partition coefficient (Wildman–Crippen LogP) is -0.286. The first-order chi connectivity index (χ1) is 11.1. The van der Waals surface area contributed by atoms with E-state index in [9.17, 15) is 9.90 Å². The van der Waals surface area contributed by atoms with E-state index in [2.05, 4.69) is 15.0 Å². The van der Waals surface area contributed by atoms with Crippen LogP contribution in [0.5, 0.6) is 0 Å². The van der Waals surface area contributed by atoms with E-state index in [-0.39, 0.29) is 24.9 Å². The maximum Gasteiger partial charge on any atom is 0.306 e. The molecule has 2 aliphatic rings. The molecule has 4 atom stereocenters. The SMILES string of the molecule is CN(C)c1ncnc2c1ncn2[C@@H]1O[C@H](CO)[C@H]2CC(=O)O[C@@H]21. The van der Waals surface area contributed by atoms with Crippen molar-refractivity contribution in [3.8, 4) is 0 Å². The Morgan fingerprint density at radius 1 is 1.39 bits per heavy atom. The summed E-state index contributed by atoms with van der Waals surface area (Å²) in [6, 6.07) is 0. The van der Waals surface area contributed by atoms with Gasteiger partial charge < -0.3 is 19.5 Å². The highest BCUT2D eigenvalue weighted by atomic mass is 16.6. The summed E-state index contributed by atoms with van der Waals surface area (Å²) in [5.74, 6) is 0.287. The molecule has 0 aliphatic carbocycles. The maximum absolute atomic E-state index is 11.6. The molecule has 0 spiro atoms. The molecule has 1 N–H and O–H groups in total. The van der Waals surface area contributed by atoms with Crippen LogP contribution in [-0.4, -0.2) is 63.5 Å². The van der Waals surface area contributed by atoms with Gasteiger partial charge in [-0.1, -0.05) is 0 Å². The molecule has 2 aromatic rings. The number of aliphatic hydroxyl groups is 1. The smallest absolute Gasteiger partial charge is 0.306 e. The molecule has 23 heavy (non-hydrogen) atoms. The molecular weight excluding hydrogens is 302 g/mol. The highest BCUT2D eigenvalue weighted by Gasteiger charge is 2.52. The number of aliphatic hydroxyl groups excluding tert-OH is 1. The number of nitrogens with zero attached hydrogens (tertiary/aromatic N) is 5. The van der Waals surface area contributed by atoms with Crippen LogP contribution in [-0.2, 0) is 14.3 Å². The lowest BCUT2D eigenvalue weighted by molar-refractivity contribution is -0.149. The highest BCUT2D eigenvalue weighted by molar-refractivity contribution is 5.83. The Morgan fingerprint density at radius 3 is 2.96 bits per heavy atom. The second kappa shape index (κ2) is 5.14. The molecule has 0 unspecified atom stereocenters. The van der Waals surface area contributed by atoms with Crippen molar-refractivity contribution in [3.63, 3.8) is 0 Å². The molecule has 2 aromatic heterocycles. The van der Waals surface area contributed by atoms with E-state index in [0.717, 1.165) is 0 Å². The molecule has 2 saturated heterocycles. The Kier molecular flexibility index (Phi) is 3.20. The van der Waals surface area contributed by atoms with E-state index < -0.39 is 18.4 Å². The minimum absolute atomic E-state index is 0.148. The summed E-state index contributed by atoms with van der Waals surface area (Å²) in [5, 5.41) is 9.50. The molecule has 9 nitrogen and oxygen atoms in total. The molecule has 9 heteroatoms. The van der Waals surface area contributed by atoms with Crippen molar-refractivity contribution in [2.24, 2.45) is 5.92 Å². The molecule has 0 radical (unpaired) electrons. The number of imidazole rings is 1. The second-order valence-electron chi connectivity index (χ2n) is 5.99. The molecule has 0 saturated carbocycles. The van der Waals surface area contributed by atoms with Crippen LogP contribution >= 0.6 is 0 Å². The maximum atomic E-state index is 11.6. The Balaban J connectivity index is 1.78. The van der Waals surface area contributed by atoms with Gasteiger partial charge in [0, 0.05) is 20.0 Å². The first-order valence-electron chi connectivity index (χ1n) is 7.41. The molecule has 122 valence electrons. The largest absolute Gasteiger partial charge is 0.457 e. The lowest BCUT2D eigenvalue weighted by Crippen LogP contribution is -2.24.